The van der Waals surface area contributed by atoms with Gasteiger partial charge in [0.25, 0.3) is 0 Å². The predicted octanol–water partition coefficient (Wildman–Crippen LogP) is 2.68. The number of nitrogens with zero attached hydrogens (tertiary/aromatic N) is 1. The Morgan fingerprint density at radius 2 is 1.64 bits per heavy atom. The van der Waals surface area contributed by atoms with Crippen molar-refractivity contribution >= 4 is 11.9 Å². The van der Waals surface area contributed by atoms with E-state index in [1.807, 2.05) is 59.5 Å². The van der Waals surface area contributed by atoms with Gasteiger partial charge in [-0.1, -0.05) is 42.5 Å². The van der Waals surface area contributed by atoms with E-state index >= 15 is 0 Å². The molecule has 1 saturated heterocycles. The molecule has 6 nitrogen and oxygen atoms in total. The van der Waals surface area contributed by atoms with Crippen LogP contribution in [-0.4, -0.2) is 41.5 Å². The fraction of sp³-hybridized carbons (Fsp3) is 0.364. The van der Waals surface area contributed by atoms with Crippen LogP contribution in [0.2, 0.25) is 0 Å². The van der Waals surface area contributed by atoms with E-state index in [1.54, 1.807) is 0 Å². The lowest BCUT2D eigenvalue weighted by atomic mass is 9.97. The Hall–Kier alpha value is -2.86. The van der Waals surface area contributed by atoms with Crippen molar-refractivity contribution in [3.8, 4) is 5.75 Å². The fourth-order valence-corrected chi connectivity index (χ4v) is 3.34. The molecular weight excluding hydrogens is 356 g/mol. The van der Waals surface area contributed by atoms with Gasteiger partial charge in [0.2, 0.25) is 5.91 Å². The van der Waals surface area contributed by atoms with Crippen LogP contribution in [-0.2, 0) is 22.7 Å². The monoisotopic (exact) mass is 382 g/mol. The third-order valence-corrected chi connectivity index (χ3v) is 5.04. The second kappa shape index (κ2) is 9.90. The Bertz CT molecular complexity index is 786. The molecule has 6 heteroatoms. The average Bonchev–Trinajstić information content (AvgIpc) is 2.72. The number of likely N-dealkylation sites (tertiary alicyclic amines) is 1. The van der Waals surface area contributed by atoms with Gasteiger partial charge in [-0.25, -0.2) is 0 Å². The first kappa shape index (κ1) is 19.9. The van der Waals surface area contributed by atoms with Gasteiger partial charge in [0.15, 0.2) is 0 Å². The molecular formula is C22H26N2O4. The highest BCUT2D eigenvalue weighted by Crippen LogP contribution is 2.17. The molecule has 1 heterocycles. The highest BCUT2D eigenvalue weighted by atomic mass is 16.5. The molecule has 0 aromatic heterocycles. The number of piperidine rings is 1. The van der Waals surface area contributed by atoms with Crippen LogP contribution in [0.3, 0.4) is 0 Å². The van der Waals surface area contributed by atoms with Crippen LogP contribution < -0.4 is 10.1 Å². The first-order valence-corrected chi connectivity index (χ1v) is 9.58. The minimum Gasteiger partial charge on any atom is -0.489 e. The number of aliphatic carboxylic acids is 1. The van der Waals surface area contributed by atoms with Crippen LogP contribution in [0, 0.1) is 5.92 Å². The number of carbonyl (C=O) groups is 2. The molecule has 0 saturated carbocycles. The van der Waals surface area contributed by atoms with Crippen molar-refractivity contribution in [1.82, 2.24) is 10.2 Å². The molecule has 0 atom stereocenters. The molecule has 0 unspecified atom stereocenters. The van der Waals surface area contributed by atoms with Crippen molar-refractivity contribution in [2.75, 3.05) is 19.6 Å². The Morgan fingerprint density at radius 1 is 1.00 bits per heavy atom. The summed E-state index contributed by atoms with van der Waals surface area (Å²) in [5, 5.41) is 12.0. The molecule has 1 fully saturated rings. The average molecular weight is 382 g/mol. The van der Waals surface area contributed by atoms with Gasteiger partial charge in [0.05, 0.1) is 12.5 Å². The van der Waals surface area contributed by atoms with E-state index in [9.17, 15) is 9.59 Å². The number of carboxylic acid groups (broad SMARTS) is 1. The second-order valence-electron chi connectivity index (χ2n) is 7.04. The largest absolute Gasteiger partial charge is 0.489 e. The summed E-state index contributed by atoms with van der Waals surface area (Å²) >= 11 is 0. The van der Waals surface area contributed by atoms with Crippen LogP contribution in [0.4, 0.5) is 0 Å². The van der Waals surface area contributed by atoms with Gasteiger partial charge in [0, 0.05) is 6.54 Å². The molecule has 2 N–H and O–H groups in total. The molecule has 3 rings (SSSR count). The first-order chi connectivity index (χ1) is 13.6. The molecule has 148 valence electrons. The maximum absolute atomic E-state index is 12.3. The Labute approximate surface area is 165 Å². The van der Waals surface area contributed by atoms with E-state index in [0.717, 1.165) is 16.9 Å². The maximum atomic E-state index is 12.3. The number of ether oxygens (including phenoxy) is 1. The third-order valence-electron chi connectivity index (χ3n) is 5.04. The van der Waals surface area contributed by atoms with E-state index < -0.39 is 5.97 Å². The molecule has 0 spiro atoms. The van der Waals surface area contributed by atoms with Crippen molar-refractivity contribution in [2.45, 2.75) is 26.0 Å². The van der Waals surface area contributed by atoms with Gasteiger partial charge in [-0.3, -0.25) is 14.5 Å². The quantitative estimate of drug-likeness (QED) is 0.734. The standard InChI is InChI=1S/C22H26N2O4/c25-21(15-24-12-10-17(11-13-24)22(26)27)23-14-18-6-4-5-7-19(18)16-28-20-8-2-1-3-9-20/h1-9,17H,10-16H2,(H,23,25)(H,26,27). The summed E-state index contributed by atoms with van der Waals surface area (Å²) in [7, 11) is 0. The van der Waals surface area contributed by atoms with Crippen LogP contribution in [0.15, 0.2) is 54.6 Å². The lowest BCUT2D eigenvalue weighted by molar-refractivity contribution is -0.143. The lowest BCUT2D eigenvalue weighted by Crippen LogP contribution is -2.42. The summed E-state index contributed by atoms with van der Waals surface area (Å²) in [6.07, 6.45) is 1.20. The van der Waals surface area contributed by atoms with Gasteiger partial charge >= 0.3 is 5.97 Å². The normalized spacial score (nSPS) is 15.1. The van der Waals surface area contributed by atoms with E-state index in [0.29, 0.717) is 45.6 Å². The number of hydrogen-bond donors (Lipinski definition) is 2. The van der Waals surface area contributed by atoms with Crippen LogP contribution in [0.5, 0.6) is 5.75 Å². The van der Waals surface area contributed by atoms with Crippen LogP contribution in [0.1, 0.15) is 24.0 Å². The Balaban J connectivity index is 1.46. The number of hydrogen-bond acceptors (Lipinski definition) is 4. The van der Waals surface area contributed by atoms with Crippen molar-refractivity contribution in [3.63, 3.8) is 0 Å². The number of amides is 1. The minimum absolute atomic E-state index is 0.0486. The highest BCUT2D eigenvalue weighted by Gasteiger charge is 2.25. The highest BCUT2D eigenvalue weighted by molar-refractivity contribution is 5.78. The van der Waals surface area contributed by atoms with Crippen molar-refractivity contribution < 1.29 is 19.4 Å². The van der Waals surface area contributed by atoms with Crippen molar-refractivity contribution in [3.05, 3.63) is 65.7 Å². The van der Waals surface area contributed by atoms with E-state index in [-0.39, 0.29) is 11.8 Å². The molecule has 2 aromatic rings. The van der Waals surface area contributed by atoms with Crippen molar-refractivity contribution in [1.29, 1.82) is 0 Å². The number of carbonyl (C=O) groups excluding carboxylic acids is 1. The molecule has 1 amide bonds. The van der Waals surface area contributed by atoms with Crippen LogP contribution in [0.25, 0.3) is 0 Å². The fourth-order valence-electron chi connectivity index (χ4n) is 3.34. The van der Waals surface area contributed by atoms with E-state index in [4.69, 9.17) is 9.84 Å². The number of benzene rings is 2. The SMILES string of the molecule is O=C(CN1CCC(C(=O)O)CC1)NCc1ccccc1COc1ccccc1. The molecule has 0 aliphatic carbocycles. The first-order valence-electron chi connectivity index (χ1n) is 9.58. The summed E-state index contributed by atoms with van der Waals surface area (Å²) in [5.41, 5.74) is 2.06. The summed E-state index contributed by atoms with van der Waals surface area (Å²) in [4.78, 5) is 25.3. The smallest absolute Gasteiger partial charge is 0.306 e. The van der Waals surface area contributed by atoms with Gasteiger partial charge < -0.3 is 15.2 Å². The van der Waals surface area contributed by atoms with Gasteiger partial charge in [-0.05, 0) is 49.2 Å². The Morgan fingerprint density at radius 3 is 2.32 bits per heavy atom. The number of carboxylic acids is 1. The zero-order chi connectivity index (χ0) is 19.8. The number of rotatable bonds is 8. The number of nitrogens with one attached hydrogen (secondary N) is 1. The molecule has 28 heavy (non-hydrogen) atoms. The zero-order valence-electron chi connectivity index (χ0n) is 15.8. The number of para-hydroxylation sites is 1. The summed E-state index contributed by atoms with van der Waals surface area (Å²) in [6.45, 7) is 2.48. The predicted molar refractivity (Wildman–Crippen MR) is 106 cm³/mol. The van der Waals surface area contributed by atoms with Gasteiger partial charge in [0.1, 0.15) is 12.4 Å². The molecule has 1 aliphatic rings. The minimum atomic E-state index is -0.738. The van der Waals surface area contributed by atoms with E-state index in [2.05, 4.69) is 5.32 Å². The second-order valence-corrected chi connectivity index (χ2v) is 7.04. The van der Waals surface area contributed by atoms with Crippen molar-refractivity contribution in [2.24, 2.45) is 5.92 Å². The zero-order valence-corrected chi connectivity index (χ0v) is 15.8. The molecule has 0 radical (unpaired) electrons. The summed E-state index contributed by atoms with van der Waals surface area (Å²) < 4.78 is 5.82. The third kappa shape index (κ3) is 5.82. The topological polar surface area (TPSA) is 78.9 Å². The molecule has 1 aliphatic heterocycles. The molecule has 2 aromatic carbocycles. The summed E-state index contributed by atoms with van der Waals surface area (Å²) in [5.74, 6) is -0.257. The van der Waals surface area contributed by atoms with E-state index in [1.165, 1.54) is 0 Å². The van der Waals surface area contributed by atoms with Crippen LogP contribution >= 0.6 is 0 Å². The van der Waals surface area contributed by atoms with Gasteiger partial charge in [-0.2, -0.15) is 0 Å². The lowest BCUT2D eigenvalue weighted by Gasteiger charge is -2.29. The summed E-state index contributed by atoms with van der Waals surface area (Å²) in [6, 6.07) is 17.5. The Kier molecular flexibility index (Phi) is 7.03. The maximum Gasteiger partial charge on any atom is 0.306 e. The van der Waals surface area contributed by atoms with Gasteiger partial charge in [-0.15, -0.1) is 0 Å². The molecule has 0 bridgehead atoms.